The molecule has 18 heavy (non-hydrogen) atoms. The largest absolute Gasteiger partial charge is 0.508 e. The van der Waals surface area contributed by atoms with E-state index in [9.17, 15) is 15.2 Å². The topological polar surface area (TPSA) is 76.3 Å². The third-order valence-electron chi connectivity index (χ3n) is 2.28. The summed E-state index contributed by atoms with van der Waals surface area (Å²) in [5.74, 6) is 0.202. The van der Waals surface area contributed by atoms with E-state index in [0.29, 0.717) is 5.03 Å². The molecule has 0 atom stereocenters. The maximum Gasteiger partial charge on any atom is 0.287 e. The lowest BCUT2D eigenvalue weighted by molar-refractivity contribution is -0.385. The lowest BCUT2D eigenvalue weighted by atomic mass is 10.3. The van der Waals surface area contributed by atoms with E-state index in [-0.39, 0.29) is 11.4 Å². The summed E-state index contributed by atoms with van der Waals surface area (Å²) < 4.78 is 0. The Labute approximate surface area is 108 Å². The van der Waals surface area contributed by atoms with Crippen LogP contribution in [0.25, 0.3) is 0 Å². The molecule has 1 N–H and O–H groups in total. The Morgan fingerprint density at radius 3 is 2.56 bits per heavy atom. The predicted molar refractivity (Wildman–Crippen MR) is 67.9 cm³/mol. The minimum absolute atomic E-state index is 0.0115. The van der Waals surface area contributed by atoms with Gasteiger partial charge in [-0.25, -0.2) is 4.98 Å². The van der Waals surface area contributed by atoms with Crippen LogP contribution in [0.2, 0.25) is 0 Å². The van der Waals surface area contributed by atoms with Crippen molar-refractivity contribution < 1.29 is 10.0 Å². The van der Waals surface area contributed by atoms with Gasteiger partial charge in [-0.1, -0.05) is 11.8 Å². The number of phenolic OH excluding ortho intramolecular Hbond substituents is 1. The summed E-state index contributed by atoms with van der Waals surface area (Å²) in [4.78, 5) is 15.1. The molecular formula is C12H10N2O3S. The zero-order chi connectivity index (χ0) is 13.1. The second kappa shape index (κ2) is 5.05. The highest BCUT2D eigenvalue weighted by atomic mass is 32.2. The minimum Gasteiger partial charge on any atom is -0.508 e. The summed E-state index contributed by atoms with van der Waals surface area (Å²) in [5.41, 5.74) is 0.741. The molecule has 0 radical (unpaired) electrons. The fourth-order valence-electron chi connectivity index (χ4n) is 1.38. The summed E-state index contributed by atoms with van der Waals surface area (Å²) in [6.07, 6.45) is 1.25. The van der Waals surface area contributed by atoms with Gasteiger partial charge in [-0.2, -0.15) is 0 Å². The number of aryl methyl sites for hydroxylation is 1. The SMILES string of the molecule is Cc1cc([N+](=O)[O-])cnc1Sc1ccc(O)cc1. The number of rotatable bonds is 3. The van der Waals surface area contributed by atoms with Crippen LogP contribution in [0.1, 0.15) is 5.56 Å². The first-order valence-corrected chi connectivity index (χ1v) is 5.96. The zero-order valence-electron chi connectivity index (χ0n) is 9.53. The second-order valence-corrected chi connectivity index (χ2v) is 4.73. The Morgan fingerprint density at radius 1 is 1.33 bits per heavy atom. The molecule has 0 unspecified atom stereocenters. The van der Waals surface area contributed by atoms with Crippen LogP contribution in [-0.4, -0.2) is 15.0 Å². The van der Waals surface area contributed by atoms with Crippen LogP contribution in [0.15, 0.2) is 46.5 Å². The average Bonchev–Trinajstić information content (AvgIpc) is 2.34. The lowest BCUT2D eigenvalue weighted by Gasteiger charge is -2.04. The monoisotopic (exact) mass is 262 g/mol. The minimum atomic E-state index is -0.463. The van der Waals surface area contributed by atoms with Gasteiger partial charge in [0.1, 0.15) is 17.0 Å². The van der Waals surface area contributed by atoms with Crippen molar-refractivity contribution in [1.82, 2.24) is 4.98 Å². The first kappa shape index (κ1) is 12.4. The van der Waals surface area contributed by atoms with Crippen LogP contribution < -0.4 is 0 Å². The normalized spacial score (nSPS) is 10.3. The molecule has 0 saturated heterocycles. The van der Waals surface area contributed by atoms with Gasteiger partial charge >= 0.3 is 0 Å². The fourth-order valence-corrected chi connectivity index (χ4v) is 2.20. The lowest BCUT2D eigenvalue weighted by Crippen LogP contribution is -1.92. The molecule has 0 aliphatic rings. The standard InChI is InChI=1S/C12H10N2O3S/c1-8-6-9(14(16)17)7-13-12(8)18-11-4-2-10(15)3-5-11/h2-7,15H,1H3. The van der Waals surface area contributed by atoms with E-state index < -0.39 is 4.92 Å². The number of hydrogen-bond acceptors (Lipinski definition) is 5. The molecule has 0 aliphatic carbocycles. The van der Waals surface area contributed by atoms with Crippen LogP contribution in [-0.2, 0) is 0 Å². The first-order valence-electron chi connectivity index (χ1n) is 5.14. The smallest absolute Gasteiger partial charge is 0.287 e. The quantitative estimate of drug-likeness (QED) is 0.679. The van der Waals surface area contributed by atoms with Crippen molar-refractivity contribution in [2.75, 3.05) is 0 Å². The summed E-state index contributed by atoms with van der Waals surface area (Å²) in [7, 11) is 0. The van der Waals surface area contributed by atoms with Crippen molar-refractivity contribution >= 4 is 17.4 Å². The second-order valence-electron chi connectivity index (χ2n) is 3.67. The molecule has 0 spiro atoms. The summed E-state index contributed by atoms with van der Waals surface area (Å²) in [6.45, 7) is 1.78. The van der Waals surface area contributed by atoms with E-state index in [1.807, 2.05) is 0 Å². The molecule has 0 saturated carbocycles. The molecule has 2 rings (SSSR count). The van der Waals surface area contributed by atoms with Gasteiger partial charge in [0.05, 0.1) is 4.92 Å². The van der Waals surface area contributed by atoms with Crippen molar-refractivity contribution in [3.8, 4) is 5.75 Å². The van der Waals surface area contributed by atoms with Gasteiger partial charge in [-0.15, -0.1) is 0 Å². The molecule has 0 aliphatic heterocycles. The molecule has 1 aromatic heterocycles. The van der Waals surface area contributed by atoms with Gasteiger partial charge in [0.25, 0.3) is 5.69 Å². The van der Waals surface area contributed by atoms with Gasteiger partial charge in [0.15, 0.2) is 0 Å². The van der Waals surface area contributed by atoms with E-state index >= 15 is 0 Å². The van der Waals surface area contributed by atoms with Gasteiger partial charge in [-0.3, -0.25) is 10.1 Å². The van der Waals surface area contributed by atoms with Crippen molar-refractivity contribution in [2.24, 2.45) is 0 Å². The van der Waals surface area contributed by atoms with Crippen molar-refractivity contribution in [3.63, 3.8) is 0 Å². The number of benzene rings is 1. The van der Waals surface area contributed by atoms with Crippen molar-refractivity contribution in [3.05, 3.63) is 52.2 Å². The van der Waals surface area contributed by atoms with E-state index in [4.69, 9.17) is 0 Å². The van der Waals surface area contributed by atoms with Crippen LogP contribution in [0.3, 0.4) is 0 Å². The summed E-state index contributed by atoms with van der Waals surface area (Å²) in [6, 6.07) is 8.20. The highest BCUT2D eigenvalue weighted by Crippen LogP contribution is 2.30. The van der Waals surface area contributed by atoms with Crippen LogP contribution in [0.5, 0.6) is 5.75 Å². The highest BCUT2D eigenvalue weighted by Gasteiger charge is 2.10. The molecule has 5 nitrogen and oxygen atoms in total. The third kappa shape index (κ3) is 2.78. The first-order chi connectivity index (χ1) is 8.56. The molecule has 1 heterocycles. The number of aromatic hydroxyl groups is 1. The molecule has 0 fully saturated rings. The molecule has 0 amide bonds. The van der Waals surface area contributed by atoms with E-state index in [1.54, 1.807) is 31.2 Å². The Bertz CT molecular complexity index is 584. The van der Waals surface area contributed by atoms with Gasteiger partial charge < -0.3 is 5.11 Å². The van der Waals surface area contributed by atoms with Gasteiger partial charge in [0.2, 0.25) is 0 Å². The highest BCUT2D eigenvalue weighted by molar-refractivity contribution is 7.99. The Morgan fingerprint density at radius 2 is 2.00 bits per heavy atom. The van der Waals surface area contributed by atoms with Crippen LogP contribution in [0.4, 0.5) is 5.69 Å². The number of nitrogens with zero attached hydrogens (tertiary/aromatic N) is 2. The number of hydrogen-bond donors (Lipinski definition) is 1. The summed E-state index contributed by atoms with van der Waals surface area (Å²) in [5, 5.41) is 20.5. The molecular weight excluding hydrogens is 252 g/mol. The predicted octanol–water partition coefficient (Wildman–Crippen LogP) is 3.16. The molecule has 1 aromatic carbocycles. The van der Waals surface area contributed by atoms with Gasteiger partial charge in [0, 0.05) is 11.0 Å². The Kier molecular flexibility index (Phi) is 3.47. The zero-order valence-corrected chi connectivity index (χ0v) is 10.3. The van der Waals surface area contributed by atoms with Crippen LogP contribution in [0, 0.1) is 17.0 Å². The Balaban J connectivity index is 2.24. The van der Waals surface area contributed by atoms with Crippen molar-refractivity contribution in [1.29, 1.82) is 0 Å². The summed E-state index contributed by atoms with van der Waals surface area (Å²) >= 11 is 1.40. The van der Waals surface area contributed by atoms with Gasteiger partial charge in [-0.05, 0) is 36.8 Å². The molecule has 6 heteroatoms. The van der Waals surface area contributed by atoms with Crippen LogP contribution >= 0.6 is 11.8 Å². The fraction of sp³-hybridized carbons (Fsp3) is 0.0833. The third-order valence-corrected chi connectivity index (χ3v) is 3.41. The number of pyridine rings is 1. The number of phenols is 1. The Hall–Kier alpha value is -2.08. The van der Waals surface area contributed by atoms with E-state index in [0.717, 1.165) is 10.5 Å². The molecule has 2 aromatic rings. The number of aromatic nitrogens is 1. The van der Waals surface area contributed by atoms with E-state index in [2.05, 4.69) is 4.98 Å². The van der Waals surface area contributed by atoms with Crippen molar-refractivity contribution in [2.45, 2.75) is 16.8 Å². The maximum absolute atomic E-state index is 10.6. The molecule has 0 bridgehead atoms. The average molecular weight is 262 g/mol. The van der Waals surface area contributed by atoms with E-state index in [1.165, 1.54) is 24.0 Å². The number of nitro groups is 1. The molecule has 92 valence electrons. The maximum atomic E-state index is 10.6.